The van der Waals surface area contributed by atoms with Gasteiger partial charge >= 0.3 is 0 Å². The van der Waals surface area contributed by atoms with Gasteiger partial charge in [-0.2, -0.15) is 0 Å². The smallest absolute Gasteiger partial charge is 0.127 e. The number of hydrogen-bond donors (Lipinski definition) is 1. The number of halogens is 1. The molecule has 0 amide bonds. The molecule has 1 saturated heterocycles. The standard InChI is InChI=1S/C16H25FN2O/c1-4-15(13-7-5-6-8-14(13)17)18-12(2)16-11-19(3)9-10-20-16/h5-8,12,15-16,18H,4,9-11H2,1-3H3/t12-,15+,16+/m1/s1. The number of hydrogen-bond acceptors (Lipinski definition) is 3. The number of benzene rings is 1. The first-order chi connectivity index (χ1) is 9.61. The van der Waals surface area contributed by atoms with E-state index in [1.807, 2.05) is 12.1 Å². The van der Waals surface area contributed by atoms with Crippen LogP contribution in [0.15, 0.2) is 24.3 Å². The molecule has 0 aromatic heterocycles. The highest BCUT2D eigenvalue weighted by Gasteiger charge is 2.26. The molecule has 1 N–H and O–H groups in total. The second-order valence-corrected chi connectivity index (χ2v) is 5.61. The SMILES string of the molecule is CC[C@H](N[C@H](C)[C@@H]1CN(C)CCO1)c1ccccc1F. The summed E-state index contributed by atoms with van der Waals surface area (Å²) in [4.78, 5) is 2.27. The summed E-state index contributed by atoms with van der Waals surface area (Å²) in [6.45, 7) is 6.86. The molecule has 20 heavy (non-hydrogen) atoms. The molecule has 1 fully saturated rings. The second kappa shape index (κ2) is 7.16. The lowest BCUT2D eigenvalue weighted by Gasteiger charge is -2.35. The van der Waals surface area contributed by atoms with Crippen molar-refractivity contribution < 1.29 is 9.13 Å². The maximum absolute atomic E-state index is 13.9. The topological polar surface area (TPSA) is 24.5 Å². The van der Waals surface area contributed by atoms with E-state index < -0.39 is 0 Å². The zero-order valence-corrected chi connectivity index (χ0v) is 12.6. The van der Waals surface area contributed by atoms with Crippen molar-refractivity contribution in [2.45, 2.75) is 38.5 Å². The summed E-state index contributed by atoms with van der Waals surface area (Å²) in [6, 6.07) is 7.23. The van der Waals surface area contributed by atoms with E-state index >= 15 is 0 Å². The number of ether oxygens (including phenoxy) is 1. The van der Waals surface area contributed by atoms with Crippen LogP contribution < -0.4 is 5.32 Å². The van der Waals surface area contributed by atoms with Gasteiger partial charge in [-0.1, -0.05) is 25.1 Å². The fraction of sp³-hybridized carbons (Fsp3) is 0.625. The first kappa shape index (κ1) is 15.4. The van der Waals surface area contributed by atoms with Gasteiger partial charge in [0, 0.05) is 30.7 Å². The maximum atomic E-state index is 13.9. The van der Waals surface area contributed by atoms with E-state index in [2.05, 4.69) is 31.1 Å². The van der Waals surface area contributed by atoms with Crippen molar-refractivity contribution in [3.8, 4) is 0 Å². The van der Waals surface area contributed by atoms with Crippen molar-refractivity contribution in [2.75, 3.05) is 26.7 Å². The molecule has 112 valence electrons. The van der Waals surface area contributed by atoms with Gasteiger partial charge in [0.25, 0.3) is 0 Å². The highest BCUT2D eigenvalue weighted by atomic mass is 19.1. The molecular formula is C16H25FN2O. The molecule has 1 heterocycles. The Labute approximate surface area is 121 Å². The van der Waals surface area contributed by atoms with Crippen LogP contribution in [0.3, 0.4) is 0 Å². The molecule has 3 nitrogen and oxygen atoms in total. The maximum Gasteiger partial charge on any atom is 0.127 e. The van der Waals surface area contributed by atoms with Crippen molar-refractivity contribution in [1.82, 2.24) is 10.2 Å². The highest BCUT2D eigenvalue weighted by Crippen LogP contribution is 2.21. The molecule has 1 aliphatic heterocycles. The predicted octanol–water partition coefficient (Wildman–Crippen LogP) is 2.59. The predicted molar refractivity (Wildman–Crippen MR) is 79.3 cm³/mol. The molecular weight excluding hydrogens is 255 g/mol. The van der Waals surface area contributed by atoms with Gasteiger partial charge in [-0.3, -0.25) is 0 Å². The number of nitrogens with one attached hydrogen (secondary N) is 1. The summed E-state index contributed by atoms with van der Waals surface area (Å²) in [6.07, 6.45) is 1.02. The molecule has 1 aliphatic rings. The van der Waals surface area contributed by atoms with Crippen LogP contribution in [0.5, 0.6) is 0 Å². The number of likely N-dealkylation sites (N-methyl/N-ethyl adjacent to an activating group) is 1. The Morgan fingerprint density at radius 2 is 2.20 bits per heavy atom. The van der Waals surface area contributed by atoms with E-state index in [4.69, 9.17) is 4.74 Å². The molecule has 0 radical (unpaired) electrons. The van der Waals surface area contributed by atoms with E-state index in [9.17, 15) is 4.39 Å². The molecule has 1 aromatic carbocycles. The average molecular weight is 280 g/mol. The summed E-state index contributed by atoms with van der Waals surface area (Å²) in [5.41, 5.74) is 0.742. The summed E-state index contributed by atoms with van der Waals surface area (Å²) in [5, 5.41) is 3.52. The zero-order chi connectivity index (χ0) is 14.5. The molecule has 3 atom stereocenters. The quantitative estimate of drug-likeness (QED) is 0.897. The van der Waals surface area contributed by atoms with Crippen LogP contribution in [0.1, 0.15) is 31.9 Å². The van der Waals surface area contributed by atoms with Crippen LogP contribution in [0.2, 0.25) is 0 Å². The van der Waals surface area contributed by atoms with Gasteiger partial charge in [-0.15, -0.1) is 0 Å². The third kappa shape index (κ3) is 3.78. The average Bonchev–Trinajstić information content (AvgIpc) is 2.45. The number of nitrogens with zero attached hydrogens (tertiary/aromatic N) is 1. The molecule has 0 saturated carbocycles. The van der Waals surface area contributed by atoms with Crippen molar-refractivity contribution in [1.29, 1.82) is 0 Å². The third-order valence-corrected chi connectivity index (χ3v) is 4.01. The minimum Gasteiger partial charge on any atom is -0.374 e. The van der Waals surface area contributed by atoms with E-state index in [-0.39, 0.29) is 24.0 Å². The van der Waals surface area contributed by atoms with E-state index in [0.29, 0.717) is 0 Å². The van der Waals surface area contributed by atoms with Crippen LogP contribution in [0.4, 0.5) is 4.39 Å². The first-order valence-electron chi connectivity index (χ1n) is 7.42. The Morgan fingerprint density at radius 3 is 2.85 bits per heavy atom. The third-order valence-electron chi connectivity index (χ3n) is 4.01. The summed E-state index contributed by atoms with van der Waals surface area (Å²) >= 11 is 0. The van der Waals surface area contributed by atoms with Crippen molar-refractivity contribution >= 4 is 0 Å². The van der Waals surface area contributed by atoms with Gasteiger partial charge in [-0.05, 0) is 26.5 Å². The summed E-state index contributed by atoms with van der Waals surface area (Å²) in [7, 11) is 2.11. The number of morpholine rings is 1. The molecule has 0 spiro atoms. The Morgan fingerprint density at radius 1 is 1.45 bits per heavy atom. The number of rotatable bonds is 5. The minimum atomic E-state index is -0.138. The van der Waals surface area contributed by atoms with Crippen LogP contribution >= 0.6 is 0 Å². The monoisotopic (exact) mass is 280 g/mol. The Hall–Kier alpha value is -0.970. The van der Waals surface area contributed by atoms with E-state index in [1.165, 1.54) is 6.07 Å². The molecule has 0 unspecified atom stereocenters. The Balaban J connectivity index is 2.01. The molecule has 1 aromatic rings. The van der Waals surface area contributed by atoms with Crippen LogP contribution in [-0.4, -0.2) is 43.8 Å². The molecule has 4 heteroatoms. The van der Waals surface area contributed by atoms with E-state index in [1.54, 1.807) is 6.07 Å². The lowest BCUT2D eigenvalue weighted by Crippen LogP contribution is -2.50. The van der Waals surface area contributed by atoms with Crippen LogP contribution in [-0.2, 0) is 4.74 Å². The van der Waals surface area contributed by atoms with Gasteiger partial charge in [0.1, 0.15) is 5.82 Å². The van der Waals surface area contributed by atoms with Crippen LogP contribution in [0.25, 0.3) is 0 Å². The first-order valence-corrected chi connectivity index (χ1v) is 7.42. The Bertz CT molecular complexity index is 427. The van der Waals surface area contributed by atoms with Crippen molar-refractivity contribution in [2.24, 2.45) is 0 Å². The van der Waals surface area contributed by atoms with Crippen LogP contribution in [0, 0.1) is 5.82 Å². The summed E-state index contributed by atoms with van der Waals surface area (Å²) < 4.78 is 19.7. The van der Waals surface area contributed by atoms with E-state index in [0.717, 1.165) is 31.7 Å². The van der Waals surface area contributed by atoms with Crippen molar-refractivity contribution in [3.63, 3.8) is 0 Å². The van der Waals surface area contributed by atoms with Gasteiger partial charge in [0.2, 0.25) is 0 Å². The summed E-state index contributed by atoms with van der Waals surface area (Å²) in [5.74, 6) is -0.138. The molecule has 0 aliphatic carbocycles. The fourth-order valence-electron chi connectivity index (χ4n) is 2.72. The second-order valence-electron chi connectivity index (χ2n) is 5.61. The zero-order valence-electron chi connectivity index (χ0n) is 12.6. The van der Waals surface area contributed by atoms with Gasteiger partial charge < -0.3 is 15.0 Å². The Kier molecular flexibility index (Phi) is 5.52. The minimum absolute atomic E-state index is 0.0297. The van der Waals surface area contributed by atoms with Crippen molar-refractivity contribution in [3.05, 3.63) is 35.6 Å². The molecule has 2 rings (SSSR count). The lowest BCUT2D eigenvalue weighted by atomic mass is 10.0. The van der Waals surface area contributed by atoms with Gasteiger partial charge in [-0.25, -0.2) is 4.39 Å². The largest absolute Gasteiger partial charge is 0.374 e. The highest BCUT2D eigenvalue weighted by molar-refractivity contribution is 5.21. The van der Waals surface area contributed by atoms with Gasteiger partial charge in [0.05, 0.1) is 12.7 Å². The fourth-order valence-corrected chi connectivity index (χ4v) is 2.72. The lowest BCUT2D eigenvalue weighted by molar-refractivity contribution is -0.0373. The molecule has 0 bridgehead atoms. The van der Waals surface area contributed by atoms with Gasteiger partial charge in [0.15, 0.2) is 0 Å². The normalized spacial score (nSPS) is 23.5.